The number of aliphatic hydroxyl groups is 1. The number of carbonyl (C=O) groups excluding carboxylic acids is 1. The predicted octanol–water partition coefficient (Wildman–Crippen LogP) is 3.68. The fourth-order valence-electron chi connectivity index (χ4n) is 2.41. The second-order valence-corrected chi connectivity index (χ2v) is 6.67. The molecule has 1 amide bonds. The summed E-state index contributed by atoms with van der Waals surface area (Å²) in [6.07, 6.45) is 0.509. The third kappa shape index (κ3) is 5.05. The zero-order valence-corrected chi connectivity index (χ0v) is 14.5. The second-order valence-electron chi connectivity index (χ2n) is 6.23. The smallest absolute Gasteiger partial charge is 0.223 e. The molecule has 0 heterocycles. The number of hydrogen-bond donors (Lipinski definition) is 2. The van der Waals surface area contributed by atoms with Gasteiger partial charge in [-0.05, 0) is 48.7 Å². The first-order valence-corrected chi connectivity index (χ1v) is 8.16. The van der Waals surface area contributed by atoms with Crippen LogP contribution in [0.3, 0.4) is 0 Å². The molecule has 2 unspecified atom stereocenters. The Morgan fingerprint density at radius 2 is 1.79 bits per heavy atom. The molecular weight excluding hydrogens is 329 g/mol. The van der Waals surface area contributed by atoms with E-state index in [4.69, 9.17) is 11.6 Å². The van der Waals surface area contributed by atoms with Crippen LogP contribution >= 0.6 is 11.6 Å². The Bertz CT molecular complexity index is 684. The van der Waals surface area contributed by atoms with Crippen molar-refractivity contribution in [2.24, 2.45) is 5.92 Å². The van der Waals surface area contributed by atoms with Gasteiger partial charge in [0.2, 0.25) is 5.91 Å². The molecule has 24 heavy (non-hydrogen) atoms. The molecule has 0 fully saturated rings. The molecule has 0 saturated carbocycles. The van der Waals surface area contributed by atoms with Crippen LogP contribution in [-0.2, 0) is 16.8 Å². The van der Waals surface area contributed by atoms with Gasteiger partial charge in [0, 0.05) is 10.9 Å². The SMILES string of the molecule is CC(Cc1ccc(F)cc1)C(=O)NCC(C)(O)c1ccc(Cl)cc1. The van der Waals surface area contributed by atoms with E-state index in [-0.39, 0.29) is 24.2 Å². The van der Waals surface area contributed by atoms with Gasteiger partial charge in [-0.1, -0.05) is 42.8 Å². The van der Waals surface area contributed by atoms with Crippen molar-refractivity contribution in [3.8, 4) is 0 Å². The van der Waals surface area contributed by atoms with Crippen LogP contribution in [0.15, 0.2) is 48.5 Å². The molecule has 0 bridgehead atoms. The fourth-order valence-corrected chi connectivity index (χ4v) is 2.54. The predicted molar refractivity (Wildman–Crippen MR) is 93.3 cm³/mol. The van der Waals surface area contributed by atoms with Crippen LogP contribution in [0.5, 0.6) is 0 Å². The van der Waals surface area contributed by atoms with Crippen molar-refractivity contribution < 1.29 is 14.3 Å². The molecular formula is C19H21ClFNO2. The quantitative estimate of drug-likeness (QED) is 0.835. The number of benzene rings is 2. The van der Waals surface area contributed by atoms with Crippen LogP contribution in [0.2, 0.25) is 5.02 Å². The molecule has 2 aromatic carbocycles. The minimum Gasteiger partial charge on any atom is -0.384 e. The summed E-state index contributed by atoms with van der Waals surface area (Å²) < 4.78 is 12.9. The molecule has 2 atom stereocenters. The molecule has 0 aliphatic carbocycles. The third-order valence-electron chi connectivity index (χ3n) is 3.98. The zero-order valence-electron chi connectivity index (χ0n) is 13.7. The molecule has 0 aliphatic rings. The molecule has 2 N–H and O–H groups in total. The highest BCUT2D eigenvalue weighted by atomic mass is 35.5. The lowest BCUT2D eigenvalue weighted by atomic mass is 9.95. The lowest BCUT2D eigenvalue weighted by Gasteiger charge is -2.25. The summed E-state index contributed by atoms with van der Waals surface area (Å²) in [6.45, 7) is 3.54. The topological polar surface area (TPSA) is 49.3 Å². The van der Waals surface area contributed by atoms with Crippen LogP contribution in [0.4, 0.5) is 4.39 Å². The maximum absolute atomic E-state index is 12.9. The first kappa shape index (κ1) is 18.4. The summed E-state index contributed by atoms with van der Waals surface area (Å²) in [6, 6.07) is 13.0. The fraction of sp³-hybridized carbons (Fsp3) is 0.316. The van der Waals surface area contributed by atoms with Gasteiger partial charge in [-0.3, -0.25) is 4.79 Å². The van der Waals surface area contributed by atoms with Crippen LogP contribution in [0.25, 0.3) is 0 Å². The highest BCUT2D eigenvalue weighted by Gasteiger charge is 2.25. The average molecular weight is 350 g/mol. The number of rotatable bonds is 6. The second kappa shape index (κ2) is 7.77. The van der Waals surface area contributed by atoms with Gasteiger partial charge in [-0.2, -0.15) is 0 Å². The van der Waals surface area contributed by atoms with Crippen molar-refractivity contribution in [3.63, 3.8) is 0 Å². The number of hydrogen-bond acceptors (Lipinski definition) is 2. The Balaban J connectivity index is 1.91. The van der Waals surface area contributed by atoms with Crippen molar-refractivity contribution in [2.75, 3.05) is 6.54 Å². The van der Waals surface area contributed by atoms with Crippen LogP contribution < -0.4 is 5.32 Å². The molecule has 128 valence electrons. The lowest BCUT2D eigenvalue weighted by molar-refractivity contribution is -0.125. The monoisotopic (exact) mass is 349 g/mol. The van der Waals surface area contributed by atoms with Crippen molar-refractivity contribution in [1.82, 2.24) is 5.32 Å². The van der Waals surface area contributed by atoms with Crippen molar-refractivity contribution in [2.45, 2.75) is 25.9 Å². The van der Waals surface area contributed by atoms with E-state index in [0.717, 1.165) is 5.56 Å². The molecule has 0 aliphatic heterocycles. The summed E-state index contributed by atoms with van der Waals surface area (Å²) in [7, 11) is 0. The normalized spacial score (nSPS) is 14.7. The van der Waals surface area contributed by atoms with E-state index < -0.39 is 5.60 Å². The van der Waals surface area contributed by atoms with Crippen molar-refractivity contribution in [1.29, 1.82) is 0 Å². The first-order valence-electron chi connectivity index (χ1n) is 7.78. The Labute approximate surface area is 146 Å². The third-order valence-corrected chi connectivity index (χ3v) is 4.23. The molecule has 0 radical (unpaired) electrons. The van der Waals surface area contributed by atoms with Gasteiger partial charge in [0.1, 0.15) is 11.4 Å². The molecule has 3 nitrogen and oxygen atoms in total. The summed E-state index contributed by atoms with van der Waals surface area (Å²) >= 11 is 5.84. The molecule has 2 aromatic rings. The maximum Gasteiger partial charge on any atom is 0.223 e. The number of carbonyl (C=O) groups is 1. The van der Waals surface area contributed by atoms with Gasteiger partial charge in [0.25, 0.3) is 0 Å². The Morgan fingerprint density at radius 3 is 2.38 bits per heavy atom. The first-order chi connectivity index (χ1) is 11.3. The summed E-state index contributed by atoms with van der Waals surface area (Å²) in [5.74, 6) is -0.736. The van der Waals surface area contributed by atoms with E-state index in [0.29, 0.717) is 17.0 Å². The standard InChI is InChI=1S/C19H21ClFNO2/c1-13(11-14-3-9-17(21)10-4-14)18(23)22-12-19(2,24)15-5-7-16(20)8-6-15/h3-10,13,24H,11-12H2,1-2H3,(H,22,23). The van der Waals surface area contributed by atoms with E-state index in [1.807, 2.05) is 0 Å². The average Bonchev–Trinajstić information content (AvgIpc) is 2.55. The van der Waals surface area contributed by atoms with Crippen molar-refractivity contribution in [3.05, 3.63) is 70.5 Å². The van der Waals surface area contributed by atoms with E-state index in [9.17, 15) is 14.3 Å². The molecule has 5 heteroatoms. The van der Waals surface area contributed by atoms with E-state index in [1.54, 1.807) is 50.2 Å². The Kier molecular flexibility index (Phi) is 5.97. The van der Waals surface area contributed by atoms with Crippen LogP contribution in [0.1, 0.15) is 25.0 Å². The van der Waals surface area contributed by atoms with Crippen molar-refractivity contribution >= 4 is 17.5 Å². The van der Waals surface area contributed by atoms with Gasteiger partial charge in [0.15, 0.2) is 0 Å². The lowest BCUT2D eigenvalue weighted by Crippen LogP contribution is -2.41. The minimum absolute atomic E-state index is 0.0984. The highest BCUT2D eigenvalue weighted by Crippen LogP contribution is 2.22. The van der Waals surface area contributed by atoms with Gasteiger partial charge in [-0.15, -0.1) is 0 Å². The number of amides is 1. The molecule has 2 rings (SSSR count). The largest absolute Gasteiger partial charge is 0.384 e. The maximum atomic E-state index is 12.9. The van der Waals surface area contributed by atoms with Crippen LogP contribution in [-0.4, -0.2) is 17.6 Å². The van der Waals surface area contributed by atoms with Crippen LogP contribution in [0, 0.1) is 11.7 Å². The Hall–Kier alpha value is -1.91. The number of nitrogens with one attached hydrogen (secondary N) is 1. The summed E-state index contributed by atoms with van der Waals surface area (Å²) in [4.78, 5) is 12.2. The van der Waals surface area contributed by atoms with E-state index >= 15 is 0 Å². The van der Waals surface area contributed by atoms with E-state index in [1.165, 1.54) is 12.1 Å². The van der Waals surface area contributed by atoms with Gasteiger partial charge >= 0.3 is 0 Å². The highest BCUT2D eigenvalue weighted by molar-refractivity contribution is 6.30. The molecule has 0 aromatic heterocycles. The molecule has 0 saturated heterocycles. The summed E-state index contributed by atoms with van der Waals surface area (Å²) in [5.41, 5.74) is 0.387. The number of halogens is 2. The van der Waals surface area contributed by atoms with Gasteiger partial charge in [-0.25, -0.2) is 4.39 Å². The van der Waals surface area contributed by atoms with E-state index in [2.05, 4.69) is 5.32 Å². The summed E-state index contributed by atoms with van der Waals surface area (Å²) in [5, 5.41) is 13.9. The van der Waals surface area contributed by atoms with Gasteiger partial charge < -0.3 is 10.4 Å². The molecule has 0 spiro atoms. The Morgan fingerprint density at radius 1 is 1.21 bits per heavy atom. The zero-order chi connectivity index (χ0) is 17.7. The minimum atomic E-state index is -1.18. The van der Waals surface area contributed by atoms with Gasteiger partial charge in [0.05, 0.1) is 6.54 Å².